The summed E-state index contributed by atoms with van der Waals surface area (Å²) in [5.41, 5.74) is 0.272. The first-order valence-electron chi connectivity index (χ1n) is 4.04. The predicted octanol–water partition coefficient (Wildman–Crippen LogP) is 3.07. The Morgan fingerprint density at radius 3 is 2.25 bits per heavy atom. The van der Waals surface area contributed by atoms with Crippen LogP contribution in [0.2, 0.25) is 0 Å². The van der Waals surface area contributed by atoms with Gasteiger partial charge in [-0.1, -0.05) is 35.0 Å². The third-order valence-electron chi connectivity index (χ3n) is 2.15. The van der Waals surface area contributed by atoms with Crippen LogP contribution < -0.4 is 0 Å². The van der Waals surface area contributed by atoms with Crippen molar-refractivity contribution in [3.05, 3.63) is 34.3 Å². The summed E-state index contributed by atoms with van der Waals surface area (Å²) in [4.78, 5) is 0. The Labute approximate surface area is 81.6 Å². The Bertz CT molecular complexity index is 251. The van der Waals surface area contributed by atoms with Crippen LogP contribution in [0.25, 0.3) is 0 Å². The topological polar surface area (TPSA) is 20.2 Å². The lowest BCUT2D eigenvalue weighted by atomic mass is 9.94. The minimum Gasteiger partial charge on any atom is -0.385 e. The molecule has 0 bridgehead atoms. The number of rotatable bonds is 2. The maximum absolute atomic E-state index is 9.87. The van der Waals surface area contributed by atoms with E-state index in [-0.39, 0.29) is 0 Å². The summed E-state index contributed by atoms with van der Waals surface area (Å²) in [6, 6.07) is 7.76. The highest BCUT2D eigenvalue weighted by atomic mass is 79.9. The largest absolute Gasteiger partial charge is 0.385 e. The van der Waals surface area contributed by atoms with Crippen molar-refractivity contribution in [2.45, 2.75) is 25.9 Å². The van der Waals surface area contributed by atoms with Crippen molar-refractivity contribution >= 4 is 15.9 Å². The molecule has 0 aliphatic carbocycles. The summed E-state index contributed by atoms with van der Waals surface area (Å²) in [7, 11) is 0. The molecule has 1 nitrogen and oxygen atoms in total. The van der Waals surface area contributed by atoms with Crippen LogP contribution in [-0.2, 0) is 5.60 Å². The molecule has 1 aromatic rings. The van der Waals surface area contributed by atoms with Gasteiger partial charge in [-0.15, -0.1) is 0 Å². The van der Waals surface area contributed by atoms with Gasteiger partial charge in [0.05, 0.1) is 5.60 Å². The summed E-state index contributed by atoms with van der Waals surface area (Å²) in [6.45, 7) is 3.80. The third-order valence-corrected chi connectivity index (χ3v) is 2.68. The highest BCUT2D eigenvalue weighted by Crippen LogP contribution is 2.24. The molecule has 0 aromatic heterocycles. The lowest BCUT2D eigenvalue weighted by Gasteiger charge is -2.21. The summed E-state index contributed by atoms with van der Waals surface area (Å²) < 4.78 is 1.04. The molecule has 12 heavy (non-hydrogen) atoms. The van der Waals surface area contributed by atoms with E-state index < -0.39 is 5.60 Å². The molecule has 0 spiro atoms. The second-order valence-corrected chi connectivity index (χ2v) is 4.05. The van der Waals surface area contributed by atoms with E-state index in [1.54, 1.807) is 0 Å². The maximum atomic E-state index is 9.87. The molecule has 0 radical (unpaired) electrons. The standard InChI is InChI=1S/C10H13BrO/c1-3-10(2,12)8-4-6-9(11)7-5-8/h4-7,12H,3H2,1-2H3/t10-/m1/s1. The molecule has 1 N–H and O–H groups in total. The molecule has 1 aromatic carbocycles. The molecular weight excluding hydrogens is 216 g/mol. The second-order valence-electron chi connectivity index (χ2n) is 3.13. The van der Waals surface area contributed by atoms with E-state index >= 15 is 0 Å². The SMILES string of the molecule is CC[C@@](C)(O)c1ccc(Br)cc1. The van der Waals surface area contributed by atoms with Crippen molar-refractivity contribution in [3.8, 4) is 0 Å². The normalized spacial score (nSPS) is 15.7. The van der Waals surface area contributed by atoms with Crippen molar-refractivity contribution in [2.24, 2.45) is 0 Å². The van der Waals surface area contributed by atoms with Crippen LogP contribution in [0.15, 0.2) is 28.7 Å². The van der Waals surface area contributed by atoms with Crippen LogP contribution in [0.1, 0.15) is 25.8 Å². The third kappa shape index (κ3) is 2.08. The zero-order chi connectivity index (χ0) is 9.19. The Morgan fingerprint density at radius 1 is 1.33 bits per heavy atom. The number of benzene rings is 1. The molecule has 0 aliphatic rings. The summed E-state index contributed by atoms with van der Waals surface area (Å²) >= 11 is 3.35. The van der Waals surface area contributed by atoms with Gasteiger partial charge >= 0.3 is 0 Å². The van der Waals surface area contributed by atoms with Crippen LogP contribution in [0, 0.1) is 0 Å². The van der Waals surface area contributed by atoms with Crippen molar-refractivity contribution in [3.63, 3.8) is 0 Å². The van der Waals surface area contributed by atoms with Crippen LogP contribution in [0.3, 0.4) is 0 Å². The Kier molecular flexibility index (Phi) is 2.91. The minimum atomic E-state index is -0.694. The first-order chi connectivity index (χ1) is 5.56. The zero-order valence-electron chi connectivity index (χ0n) is 7.34. The lowest BCUT2D eigenvalue weighted by Crippen LogP contribution is -2.19. The van der Waals surface area contributed by atoms with E-state index in [0.717, 1.165) is 16.5 Å². The Morgan fingerprint density at radius 2 is 1.83 bits per heavy atom. The number of hydrogen-bond donors (Lipinski definition) is 1. The molecule has 0 saturated heterocycles. The van der Waals surface area contributed by atoms with E-state index in [1.807, 2.05) is 38.1 Å². The van der Waals surface area contributed by atoms with Crippen molar-refractivity contribution in [1.29, 1.82) is 0 Å². The molecule has 66 valence electrons. The molecule has 1 atom stereocenters. The molecule has 2 heteroatoms. The molecule has 0 unspecified atom stereocenters. The number of halogens is 1. The van der Waals surface area contributed by atoms with Gasteiger partial charge in [0.25, 0.3) is 0 Å². The van der Waals surface area contributed by atoms with Crippen molar-refractivity contribution in [1.82, 2.24) is 0 Å². The average Bonchev–Trinajstić information content (AvgIpc) is 2.05. The van der Waals surface area contributed by atoms with Gasteiger partial charge in [-0.05, 0) is 31.0 Å². The Balaban J connectivity index is 2.96. The van der Waals surface area contributed by atoms with Crippen LogP contribution in [0.4, 0.5) is 0 Å². The summed E-state index contributed by atoms with van der Waals surface area (Å²) in [6.07, 6.45) is 0.731. The van der Waals surface area contributed by atoms with E-state index in [4.69, 9.17) is 0 Å². The molecule has 0 heterocycles. The fourth-order valence-corrected chi connectivity index (χ4v) is 1.28. The molecular formula is C10H13BrO. The highest BCUT2D eigenvalue weighted by molar-refractivity contribution is 9.10. The predicted molar refractivity (Wildman–Crippen MR) is 54.0 cm³/mol. The quantitative estimate of drug-likeness (QED) is 0.826. The molecule has 0 amide bonds. The minimum absolute atomic E-state index is 0.694. The monoisotopic (exact) mass is 228 g/mol. The van der Waals surface area contributed by atoms with Crippen molar-refractivity contribution < 1.29 is 5.11 Å². The fraction of sp³-hybridized carbons (Fsp3) is 0.400. The van der Waals surface area contributed by atoms with Gasteiger partial charge in [-0.3, -0.25) is 0 Å². The van der Waals surface area contributed by atoms with Crippen molar-refractivity contribution in [2.75, 3.05) is 0 Å². The Hall–Kier alpha value is -0.340. The van der Waals surface area contributed by atoms with Crippen LogP contribution in [-0.4, -0.2) is 5.11 Å². The van der Waals surface area contributed by atoms with Crippen LogP contribution >= 0.6 is 15.9 Å². The molecule has 0 aliphatic heterocycles. The van der Waals surface area contributed by atoms with Gasteiger partial charge in [0.1, 0.15) is 0 Å². The van der Waals surface area contributed by atoms with Gasteiger partial charge in [-0.25, -0.2) is 0 Å². The fourth-order valence-electron chi connectivity index (χ4n) is 1.01. The van der Waals surface area contributed by atoms with Gasteiger partial charge in [0, 0.05) is 4.47 Å². The van der Waals surface area contributed by atoms with E-state index in [9.17, 15) is 5.11 Å². The van der Waals surface area contributed by atoms with Gasteiger partial charge in [0.15, 0.2) is 0 Å². The molecule has 1 rings (SSSR count). The van der Waals surface area contributed by atoms with E-state index in [0.29, 0.717) is 0 Å². The molecule has 0 fully saturated rings. The first-order valence-corrected chi connectivity index (χ1v) is 4.84. The first kappa shape index (κ1) is 9.75. The van der Waals surface area contributed by atoms with E-state index in [1.165, 1.54) is 0 Å². The van der Waals surface area contributed by atoms with Gasteiger partial charge in [-0.2, -0.15) is 0 Å². The smallest absolute Gasteiger partial charge is 0.0865 e. The summed E-state index contributed by atoms with van der Waals surface area (Å²) in [5.74, 6) is 0. The number of hydrogen-bond acceptors (Lipinski definition) is 1. The number of aliphatic hydroxyl groups is 1. The zero-order valence-corrected chi connectivity index (χ0v) is 8.93. The van der Waals surface area contributed by atoms with Gasteiger partial charge in [0.2, 0.25) is 0 Å². The average molecular weight is 229 g/mol. The lowest BCUT2D eigenvalue weighted by molar-refractivity contribution is 0.0531. The van der Waals surface area contributed by atoms with Gasteiger partial charge < -0.3 is 5.11 Å². The van der Waals surface area contributed by atoms with Crippen LogP contribution in [0.5, 0.6) is 0 Å². The highest BCUT2D eigenvalue weighted by Gasteiger charge is 2.19. The second kappa shape index (κ2) is 3.58. The molecule has 0 saturated carbocycles. The summed E-state index contributed by atoms with van der Waals surface area (Å²) in [5, 5.41) is 9.87. The maximum Gasteiger partial charge on any atom is 0.0865 e. The van der Waals surface area contributed by atoms with E-state index in [2.05, 4.69) is 15.9 Å².